The molecule has 1 spiro atoms. The molecule has 3 atom stereocenters. The molecule has 1 saturated carbocycles. The van der Waals surface area contributed by atoms with Gasteiger partial charge in [-0.05, 0) is 181 Å². The Hall–Kier alpha value is -8.72. The minimum atomic E-state index is -0.205. The van der Waals surface area contributed by atoms with Gasteiger partial charge >= 0.3 is 0 Å². The molecule has 0 heterocycles. The maximum Gasteiger partial charge on any atom is 0.0546 e. The molecule has 0 radical (unpaired) electrons. The van der Waals surface area contributed by atoms with E-state index in [0.717, 1.165) is 18.5 Å². The molecule has 0 bridgehead atoms. The maximum absolute atomic E-state index is 2.64. The van der Waals surface area contributed by atoms with Crippen molar-refractivity contribution in [1.29, 1.82) is 0 Å². The Morgan fingerprint density at radius 2 is 0.842 bits per heavy atom. The molecule has 1 fully saturated rings. The van der Waals surface area contributed by atoms with Crippen LogP contribution in [0, 0.1) is 11.8 Å². The summed E-state index contributed by atoms with van der Waals surface area (Å²) in [7, 11) is 0. The van der Waals surface area contributed by atoms with E-state index in [-0.39, 0.29) is 10.8 Å². The van der Waals surface area contributed by atoms with Gasteiger partial charge in [0.15, 0.2) is 0 Å². The van der Waals surface area contributed by atoms with Gasteiger partial charge in [0.2, 0.25) is 0 Å². The topological polar surface area (TPSA) is 6.48 Å². The second-order valence-electron chi connectivity index (χ2n) is 22.3. The molecule has 364 valence electrons. The summed E-state index contributed by atoms with van der Waals surface area (Å²) in [6, 6.07) is 95.9. The normalized spacial score (nSPS) is 18.1. The molecule has 4 aliphatic rings. The van der Waals surface area contributed by atoms with Crippen molar-refractivity contribution in [1.82, 2.24) is 0 Å². The van der Waals surface area contributed by atoms with Gasteiger partial charge in [-0.15, -0.1) is 0 Å². The quantitative estimate of drug-likeness (QED) is 0.142. The molecule has 0 aliphatic heterocycles. The molecule has 76 heavy (non-hydrogen) atoms. The highest BCUT2D eigenvalue weighted by atomic mass is 15.2. The third-order valence-electron chi connectivity index (χ3n) is 18.1. The summed E-state index contributed by atoms with van der Waals surface area (Å²) in [4.78, 5) is 5.26. The van der Waals surface area contributed by atoms with Crippen molar-refractivity contribution in [3.63, 3.8) is 0 Å². The largest absolute Gasteiger partial charge is 0.310 e. The number of fused-ring (bicyclic) bond motifs is 6. The molecule has 0 aromatic heterocycles. The highest BCUT2D eigenvalue weighted by Crippen LogP contribution is 2.69. The Labute approximate surface area is 447 Å². The van der Waals surface area contributed by atoms with E-state index < -0.39 is 0 Å². The van der Waals surface area contributed by atoms with Gasteiger partial charge in [-0.25, -0.2) is 0 Å². The van der Waals surface area contributed by atoms with Crippen molar-refractivity contribution in [2.45, 2.75) is 50.4 Å². The van der Waals surface area contributed by atoms with Crippen LogP contribution in [0.4, 0.5) is 34.1 Å². The SMILES string of the molecule is CC1(C)c2cc(N(c3ccccc3)c3cccc4c3C35c6c(cccc6N(c6ccccc6)c6cc7ccccc7cc6-c6ccc(-c7ccccc7)cc6)CC3CCC5C4)ccc2-c2c(-c3ccccc3)cccc21. The molecule has 2 nitrogen and oxygen atoms in total. The minimum Gasteiger partial charge on any atom is -0.310 e. The molecule has 0 amide bonds. The molecule has 11 aromatic carbocycles. The molecular formula is C74H58N2. The number of anilines is 6. The Morgan fingerprint density at radius 3 is 1.47 bits per heavy atom. The summed E-state index contributed by atoms with van der Waals surface area (Å²) in [5, 5.41) is 2.47. The van der Waals surface area contributed by atoms with E-state index in [2.05, 4.69) is 278 Å². The minimum absolute atomic E-state index is 0.196. The fraction of sp³-hybridized carbons (Fsp3) is 0.135. The first kappa shape index (κ1) is 44.7. The molecule has 15 rings (SSSR count). The Morgan fingerprint density at radius 1 is 0.342 bits per heavy atom. The Balaban J connectivity index is 0.940. The van der Waals surface area contributed by atoms with Gasteiger partial charge in [-0.1, -0.05) is 208 Å². The van der Waals surface area contributed by atoms with Crippen molar-refractivity contribution in [2.75, 3.05) is 9.80 Å². The van der Waals surface area contributed by atoms with Gasteiger partial charge in [0.1, 0.15) is 0 Å². The van der Waals surface area contributed by atoms with Gasteiger partial charge in [-0.3, -0.25) is 0 Å². The summed E-state index contributed by atoms with van der Waals surface area (Å²) < 4.78 is 0. The standard InChI is InChI=1S/C74H58N2/c1-73(2)65-33-19-32-62(51-22-9-4-10-23-51)70(65)63-43-42-61(48-66(63)73)75(59-28-11-5-12-29-59)67-34-17-26-55-44-57-40-41-58-45-56-27-18-35-68(72(56)74(57,58)71(55)67)76(60-30-13-6-14-31-60)69-47-54-25-16-15-24-53(54)46-64(69)52-38-36-50(37-39-52)49-20-7-3-8-21-49/h3-39,42-43,46-48,57-58H,40-41,44-45H2,1-2H3. The number of hydrogen-bond acceptors (Lipinski definition) is 2. The highest BCUT2D eigenvalue weighted by Gasteiger charge is 2.62. The van der Waals surface area contributed by atoms with Crippen LogP contribution in [0.15, 0.2) is 255 Å². The summed E-state index contributed by atoms with van der Waals surface area (Å²) in [6.07, 6.45) is 4.58. The lowest BCUT2D eigenvalue weighted by atomic mass is 9.68. The summed E-state index contributed by atoms with van der Waals surface area (Å²) in [5.41, 5.74) is 25.8. The lowest BCUT2D eigenvalue weighted by molar-refractivity contribution is 0.350. The van der Waals surface area contributed by atoms with E-state index in [1.807, 2.05) is 0 Å². The van der Waals surface area contributed by atoms with Gasteiger partial charge in [0.05, 0.1) is 17.1 Å². The third-order valence-corrected chi connectivity index (χ3v) is 18.1. The second-order valence-corrected chi connectivity index (χ2v) is 22.3. The van der Waals surface area contributed by atoms with Gasteiger partial charge in [0.25, 0.3) is 0 Å². The van der Waals surface area contributed by atoms with Crippen LogP contribution >= 0.6 is 0 Å². The molecule has 0 saturated heterocycles. The molecule has 4 aliphatic carbocycles. The van der Waals surface area contributed by atoms with E-state index in [4.69, 9.17) is 0 Å². The van der Waals surface area contributed by atoms with E-state index in [1.165, 1.54) is 130 Å². The zero-order valence-corrected chi connectivity index (χ0v) is 43.1. The van der Waals surface area contributed by atoms with Crippen LogP contribution in [0.3, 0.4) is 0 Å². The molecule has 0 N–H and O–H groups in total. The first-order chi connectivity index (χ1) is 37.4. The molecule has 11 aromatic rings. The first-order valence-corrected chi connectivity index (χ1v) is 27.4. The zero-order valence-electron chi connectivity index (χ0n) is 43.1. The fourth-order valence-corrected chi connectivity index (χ4v) is 14.9. The molecular weight excluding hydrogens is 917 g/mol. The van der Waals surface area contributed by atoms with Crippen LogP contribution < -0.4 is 9.80 Å². The van der Waals surface area contributed by atoms with Crippen LogP contribution in [0.1, 0.15) is 60.1 Å². The first-order valence-electron chi connectivity index (χ1n) is 27.4. The van der Waals surface area contributed by atoms with Crippen molar-refractivity contribution in [2.24, 2.45) is 11.8 Å². The van der Waals surface area contributed by atoms with E-state index in [1.54, 1.807) is 0 Å². The zero-order chi connectivity index (χ0) is 50.5. The van der Waals surface area contributed by atoms with Crippen LogP contribution in [0.25, 0.3) is 55.3 Å². The lowest BCUT2D eigenvalue weighted by Gasteiger charge is -2.40. The number of nitrogens with zero attached hydrogens (tertiary/aromatic N) is 2. The summed E-state index contributed by atoms with van der Waals surface area (Å²) in [5.74, 6) is 0.940. The van der Waals surface area contributed by atoms with Crippen LogP contribution in [-0.4, -0.2) is 0 Å². The smallest absolute Gasteiger partial charge is 0.0546 e. The number of hydrogen-bond donors (Lipinski definition) is 0. The van der Waals surface area contributed by atoms with Crippen LogP contribution in [-0.2, 0) is 23.7 Å². The summed E-state index contributed by atoms with van der Waals surface area (Å²) >= 11 is 0. The van der Waals surface area contributed by atoms with Crippen molar-refractivity contribution < 1.29 is 0 Å². The van der Waals surface area contributed by atoms with Gasteiger partial charge < -0.3 is 9.80 Å². The Bertz CT molecular complexity index is 4020. The third kappa shape index (κ3) is 6.72. The average Bonchev–Trinajstić information content (AvgIpc) is 4.32. The van der Waals surface area contributed by atoms with E-state index in [0.29, 0.717) is 11.8 Å². The second kappa shape index (κ2) is 17.4. The van der Waals surface area contributed by atoms with E-state index in [9.17, 15) is 0 Å². The van der Waals surface area contributed by atoms with Crippen molar-refractivity contribution in [3.8, 4) is 44.5 Å². The predicted molar refractivity (Wildman–Crippen MR) is 318 cm³/mol. The Kier molecular flexibility index (Phi) is 10.3. The fourth-order valence-electron chi connectivity index (χ4n) is 14.9. The lowest BCUT2D eigenvalue weighted by Crippen LogP contribution is -2.34. The van der Waals surface area contributed by atoms with Gasteiger partial charge in [0, 0.05) is 33.5 Å². The van der Waals surface area contributed by atoms with Crippen LogP contribution in [0.2, 0.25) is 0 Å². The maximum atomic E-state index is 2.64. The van der Waals surface area contributed by atoms with Crippen molar-refractivity contribution >= 4 is 44.9 Å². The predicted octanol–water partition coefficient (Wildman–Crippen LogP) is 19.5. The number of rotatable bonds is 9. The molecule has 2 heteroatoms. The number of para-hydroxylation sites is 2. The van der Waals surface area contributed by atoms with Gasteiger partial charge in [-0.2, -0.15) is 0 Å². The number of benzene rings is 11. The average molecular weight is 975 g/mol. The van der Waals surface area contributed by atoms with Crippen LogP contribution in [0.5, 0.6) is 0 Å². The monoisotopic (exact) mass is 974 g/mol. The van der Waals surface area contributed by atoms with E-state index >= 15 is 0 Å². The van der Waals surface area contributed by atoms with Crippen molar-refractivity contribution in [3.05, 3.63) is 288 Å². The highest BCUT2D eigenvalue weighted by molar-refractivity contribution is 6.00. The summed E-state index contributed by atoms with van der Waals surface area (Å²) in [6.45, 7) is 4.85. The molecule has 3 unspecified atom stereocenters.